The van der Waals surface area contributed by atoms with Gasteiger partial charge in [-0.1, -0.05) is 28.1 Å². The molecule has 0 aliphatic carbocycles. The molecule has 6 heteroatoms. The van der Waals surface area contributed by atoms with Crippen LogP contribution in [0.1, 0.15) is 15.9 Å². The summed E-state index contributed by atoms with van der Waals surface area (Å²) in [6, 6.07) is 11.1. The number of aromatic hydroxyl groups is 1. The molecule has 21 heavy (non-hydrogen) atoms. The molecule has 108 valence electrons. The molecule has 0 aliphatic heterocycles. The topological polar surface area (TPSA) is 86.6 Å². The number of carbonyl (C=O) groups excluding carboxylic acids is 1. The average molecular weight is 350 g/mol. The van der Waals surface area contributed by atoms with Crippen LogP contribution in [0.25, 0.3) is 0 Å². The SMILES string of the molecule is O=C(Cc1cccc(Br)c1)Nc1ccc(C(=O)O)cc1O. The van der Waals surface area contributed by atoms with Crippen LogP contribution < -0.4 is 5.32 Å². The smallest absolute Gasteiger partial charge is 0.335 e. The molecule has 0 spiro atoms. The lowest BCUT2D eigenvalue weighted by Gasteiger charge is -2.08. The number of rotatable bonds is 4. The summed E-state index contributed by atoms with van der Waals surface area (Å²) in [6.07, 6.45) is 0.152. The Bertz CT molecular complexity index is 700. The normalized spacial score (nSPS) is 10.1. The predicted molar refractivity (Wildman–Crippen MR) is 81.5 cm³/mol. The average Bonchev–Trinajstić information content (AvgIpc) is 2.40. The van der Waals surface area contributed by atoms with Crippen LogP contribution >= 0.6 is 15.9 Å². The number of hydrogen-bond acceptors (Lipinski definition) is 3. The van der Waals surface area contributed by atoms with Crippen LogP contribution in [0, 0.1) is 0 Å². The van der Waals surface area contributed by atoms with Gasteiger partial charge in [0.25, 0.3) is 0 Å². The highest BCUT2D eigenvalue weighted by molar-refractivity contribution is 9.10. The molecule has 2 rings (SSSR count). The summed E-state index contributed by atoms with van der Waals surface area (Å²) in [5, 5.41) is 21.1. The van der Waals surface area contributed by atoms with Gasteiger partial charge in [-0.3, -0.25) is 4.79 Å². The fraction of sp³-hybridized carbons (Fsp3) is 0.0667. The molecule has 0 saturated carbocycles. The number of carboxylic acids is 1. The molecule has 2 aromatic rings. The van der Waals surface area contributed by atoms with Crippen LogP contribution in [-0.4, -0.2) is 22.1 Å². The van der Waals surface area contributed by atoms with Crippen molar-refractivity contribution in [3.63, 3.8) is 0 Å². The van der Waals surface area contributed by atoms with E-state index < -0.39 is 5.97 Å². The van der Waals surface area contributed by atoms with Gasteiger partial charge in [-0.2, -0.15) is 0 Å². The van der Waals surface area contributed by atoms with Gasteiger partial charge in [-0.05, 0) is 35.9 Å². The maximum absolute atomic E-state index is 11.9. The first-order valence-corrected chi connectivity index (χ1v) is 6.85. The number of benzene rings is 2. The van der Waals surface area contributed by atoms with E-state index in [1.54, 1.807) is 0 Å². The molecule has 3 N–H and O–H groups in total. The molecule has 1 amide bonds. The molecule has 0 aromatic heterocycles. The number of carbonyl (C=O) groups is 2. The molecule has 0 fully saturated rings. The van der Waals surface area contributed by atoms with Gasteiger partial charge in [0.2, 0.25) is 5.91 Å². The first-order chi connectivity index (χ1) is 9.95. The van der Waals surface area contributed by atoms with Gasteiger partial charge in [0, 0.05) is 4.47 Å². The highest BCUT2D eigenvalue weighted by atomic mass is 79.9. The number of halogens is 1. The summed E-state index contributed by atoms with van der Waals surface area (Å²) >= 11 is 3.32. The van der Waals surface area contributed by atoms with E-state index in [2.05, 4.69) is 21.2 Å². The first-order valence-electron chi connectivity index (χ1n) is 6.06. The summed E-state index contributed by atoms with van der Waals surface area (Å²) in [5.41, 5.74) is 0.959. The Morgan fingerprint density at radius 3 is 2.52 bits per heavy atom. The zero-order valence-electron chi connectivity index (χ0n) is 10.8. The molecule has 0 aliphatic rings. The Balaban J connectivity index is 2.08. The van der Waals surface area contributed by atoms with E-state index in [1.165, 1.54) is 12.1 Å². The quantitative estimate of drug-likeness (QED) is 0.740. The number of anilines is 1. The lowest BCUT2D eigenvalue weighted by Crippen LogP contribution is -2.14. The van der Waals surface area contributed by atoms with E-state index in [4.69, 9.17) is 5.11 Å². The van der Waals surface area contributed by atoms with Crippen molar-refractivity contribution in [2.45, 2.75) is 6.42 Å². The third-order valence-corrected chi connectivity index (χ3v) is 3.27. The van der Waals surface area contributed by atoms with Crippen molar-refractivity contribution in [3.05, 3.63) is 58.1 Å². The highest BCUT2D eigenvalue weighted by Crippen LogP contribution is 2.24. The minimum atomic E-state index is -1.14. The first kappa shape index (κ1) is 15.1. The van der Waals surface area contributed by atoms with E-state index in [0.717, 1.165) is 16.1 Å². The van der Waals surface area contributed by atoms with Crippen LogP contribution in [0.15, 0.2) is 46.9 Å². The largest absolute Gasteiger partial charge is 0.506 e. The second-order valence-electron chi connectivity index (χ2n) is 4.39. The number of hydrogen-bond donors (Lipinski definition) is 3. The number of phenols is 1. The van der Waals surface area contributed by atoms with Gasteiger partial charge < -0.3 is 15.5 Å². The molecular weight excluding hydrogens is 338 g/mol. The zero-order valence-corrected chi connectivity index (χ0v) is 12.4. The molecule has 5 nitrogen and oxygen atoms in total. The molecule has 0 heterocycles. The minimum absolute atomic E-state index is 0.0440. The lowest BCUT2D eigenvalue weighted by molar-refractivity contribution is -0.115. The lowest BCUT2D eigenvalue weighted by atomic mass is 10.1. The van der Waals surface area contributed by atoms with Crippen LogP contribution in [0.4, 0.5) is 5.69 Å². The Hall–Kier alpha value is -2.34. The Morgan fingerprint density at radius 1 is 1.14 bits per heavy atom. The van der Waals surface area contributed by atoms with E-state index >= 15 is 0 Å². The number of phenolic OH excluding ortho intramolecular Hbond substituents is 1. The fourth-order valence-corrected chi connectivity index (χ4v) is 2.24. The number of amides is 1. The van der Waals surface area contributed by atoms with Gasteiger partial charge in [0.15, 0.2) is 0 Å². The Morgan fingerprint density at radius 2 is 1.90 bits per heavy atom. The summed E-state index contributed by atoms with van der Waals surface area (Å²) in [4.78, 5) is 22.7. The third kappa shape index (κ3) is 4.06. The van der Waals surface area contributed by atoms with E-state index in [0.29, 0.717) is 0 Å². The minimum Gasteiger partial charge on any atom is -0.506 e. The number of nitrogens with one attached hydrogen (secondary N) is 1. The van der Waals surface area contributed by atoms with Gasteiger partial charge in [0.05, 0.1) is 17.7 Å². The second kappa shape index (κ2) is 6.41. The van der Waals surface area contributed by atoms with Crippen LogP contribution in [0.5, 0.6) is 5.75 Å². The van der Waals surface area contributed by atoms with Crippen molar-refractivity contribution in [3.8, 4) is 5.75 Å². The predicted octanol–water partition coefficient (Wildman–Crippen LogP) is 3.03. The second-order valence-corrected chi connectivity index (χ2v) is 5.31. The van der Waals surface area contributed by atoms with Crippen molar-refractivity contribution in [2.24, 2.45) is 0 Å². The van der Waals surface area contributed by atoms with Crippen LogP contribution in [0.2, 0.25) is 0 Å². The zero-order chi connectivity index (χ0) is 15.4. The van der Waals surface area contributed by atoms with Crippen LogP contribution in [-0.2, 0) is 11.2 Å². The van der Waals surface area contributed by atoms with Crippen molar-refractivity contribution in [1.29, 1.82) is 0 Å². The molecule has 2 aromatic carbocycles. The summed E-state index contributed by atoms with van der Waals surface area (Å²) < 4.78 is 0.876. The monoisotopic (exact) mass is 349 g/mol. The molecule has 0 unspecified atom stereocenters. The van der Waals surface area contributed by atoms with Crippen LogP contribution in [0.3, 0.4) is 0 Å². The van der Waals surface area contributed by atoms with Gasteiger partial charge in [-0.15, -0.1) is 0 Å². The summed E-state index contributed by atoms with van der Waals surface area (Å²) in [7, 11) is 0. The maximum Gasteiger partial charge on any atom is 0.335 e. The molecule has 0 atom stereocenters. The fourth-order valence-electron chi connectivity index (χ4n) is 1.80. The van der Waals surface area contributed by atoms with E-state index in [-0.39, 0.29) is 29.3 Å². The maximum atomic E-state index is 11.9. The molecule has 0 saturated heterocycles. The standard InChI is InChI=1S/C15H12BrNO4/c16-11-3-1-2-9(6-11)7-14(19)17-12-5-4-10(15(20)21)8-13(12)18/h1-6,8,18H,7H2,(H,17,19)(H,20,21). The summed E-state index contributed by atoms with van der Waals surface area (Å²) in [6.45, 7) is 0. The third-order valence-electron chi connectivity index (χ3n) is 2.77. The number of carboxylic acid groups (broad SMARTS) is 1. The van der Waals surface area contributed by atoms with E-state index in [9.17, 15) is 14.7 Å². The molecular formula is C15H12BrNO4. The van der Waals surface area contributed by atoms with Crippen molar-refractivity contribution < 1.29 is 19.8 Å². The molecule has 0 bridgehead atoms. The Kier molecular flexibility index (Phi) is 4.59. The highest BCUT2D eigenvalue weighted by Gasteiger charge is 2.10. The molecule has 0 radical (unpaired) electrons. The Labute approximate surface area is 129 Å². The van der Waals surface area contributed by atoms with Crippen molar-refractivity contribution in [2.75, 3.05) is 5.32 Å². The van der Waals surface area contributed by atoms with Gasteiger partial charge in [0.1, 0.15) is 5.75 Å². The van der Waals surface area contributed by atoms with Gasteiger partial charge >= 0.3 is 5.97 Å². The number of aromatic carboxylic acids is 1. The van der Waals surface area contributed by atoms with Crippen molar-refractivity contribution >= 4 is 33.5 Å². The van der Waals surface area contributed by atoms with E-state index in [1.807, 2.05) is 24.3 Å². The van der Waals surface area contributed by atoms with Crippen molar-refractivity contribution in [1.82, 2.24) is 0 Å². The van der Waals surface area contributed by atoms with Gasteiger partial charge in [-0.25, -0.2) is 4.79 Å². The summed E-state index contributed by atoms with van der Waals surface area (Å²) in [5.74, 6) is -1.72.